The molecule has 1 fully saturated rings. The van der Waals surface area contributed by atoms with Crippen molar-refractivity contribution in [3.05, 3.63) is 22.5 Å². The Balaban J connectivity index is 2.06. The molecule has 2 rings (SSSR count). The topological polar surface area (TPSA) is 61.0 Å². The quantitative estimate of drug-likeness (QED) is 0.502. The monoisotopic (exact) mass is 167 g/mol. The Hall–Kier alpha value is -1.39. The van der Waals surface area contributed by atoms with Gasteiger partial charge in [-0.1, -0.05) is 0 Å². The van der Waals surface area contributed by atoms with Gasteiger partial charge in [-0.2, -0.15) is 5.10 Å². The molecular weight excluding hydrogens is 158 g/mol. The molecule has 1 aromatic rings. The highest BCUT2D eigenvalue weighted by molar-refractivity contribution is 5.20. The molecule has 5 heteroatoms. The normalized spacial score (nSPS) is 16.3. The van der Waals surface area contributed by atoms with Gasteiger partial charge in [0.05, 0.1) is 4.92 Å². The van der Waals surface area contributed by atoms with Crippen molar-refractivity contribution in [2.75, 3.05) is 0 Å². The molecule has 0 saturated heterocycles. The summed E-state index contributed by atoms with van der Waals surface area (Å²) in [7, 11) is 0. The zero-order chi connectivity index (χ0) is 8.55. The molecule has 0 unspecified atom stereocenters. The summed E-state index contributed by atoms with van der Waals surface area (Å²) < 4.78 is 1.65. The van der Waals surface area contributed by atoms with Crippen LogP contribution in [0.3, 0.4) is 0 Å². The van der Waals surface area contributed by atoms with Crippen molar-refractivity contribution in [3.8, 4) is 0 Å². The highest BCUT2D eigenvalue weighted by Crippen LogP contribution is 2.30. The van der Waals surface area contributed by atoms with E-state index in [1.54, 1.807) is 4.68 Å². The highest BCUT2D eigenvalue weighted by Gasteiger charge is 2.22. The third-order valence-electron chi connectivity index (χ3n) is 1.97. The second-order valence-corrected chi connectivity index (χ2v) is 3.12. The van der Waals surface area contributed by atoms with Gasteiger partial charge in [0, 0.05) is 6.54 Å². The van der Waals surface area contributed by atoms with Gasteiger partial charge in [0.25, 0.3) is 0 Å². The molecule has 0 aromatic carbocycles. The van der Waals surface area contributed by atoms with E-state index in [-0.39, 0.29) is 5.69 Å². The van der Waals surface area contributed by atoms with Gasteiger partial charge < -0.3 is 0 Å². The maximum Gasteiger partial charge on any atom is 0.306 e. The fourth-order valence-corrected chi connectivity index (χ4v) is 1.11. The van der Waals surface area contributed by atoms with E-state index in [4.69, 9.17) is 0 Å². The van der Waals surface area contributed by atoms with Crippen LogP contribution in [0, 0.1) is 16.0 Å². The lowest BCUT2D eigenvalue weighted by Crippen LogP contribution is -1.99. The van der Waals surface area contributed by atoms with Crippen molar-refractivity contribution in [1.82, 2.24) is 9.78 Å². The summed E-state index contributed by atoms with van der Waals surface area (Å²) in [6, 6.07) is 0. The molecule has 0 N–H and O–H groups in total. The van der Waals surface area contributed by atoms with Crippen LogP contribution in [0.5, 0.6) is 0 Å². The number of aromatic nitrogens is 2. The van der Waals surface area contributed by atoms with Gasteiger partial charge in [0.1, 0.15) is 12.4 Å². The van der Waals surface area contributed by atoms with Crippen LogP contribution < -0.4 is 0 Å². The SMILES string of the molecule is O=[N+]([O-])c1cnn(CC2CC2)c1. The second kappa shape index (κ2) is 2.58. The lowest BCUT2D eigenvalue weighted by atomic mass is 10.4. The zero-order valence-corrected chi connectivity index (χ0v) is 6.51. The fourth-order valence-electron chi connectivity index (χ4n) is 1.11. The largest absolute Gasteiger partial charge is 0.306 e. The van der Waals surface area contributed by atoms with Gasteiger partial charge in [-0.25, -0.2) is 0 Å². The highest BCUT2D eigenvalue weighted by atomic mass is 16.6. The van der Waals surface area contributed by atoms with Crippen LogP contribution >= 0.6 is 0 Å². The summed E-state index contributed by atoms with van der Waals surface area (Å²) in [6.07, 6.45) is 5.24. The number of nitrogens with zero attached hydrogens (tertiary/aromatic N) is 3. The summed E-state index contributed by atoms with van der Waals surface area (Å²) in [5.74, 6) is 0.699. The van der Waals surface area contributed by atoms with E-state index >= 15 is 0 Å². The molecule has 12 heavy (non-hydrogen) atoms. The van der Waals surface area contributed by atoms with Gasteiger partial charge in [-0.15, -0.1) is 0 Å². The van der Waals surface area contributed by atoms with Crippen LogP contribution in [0.2, 0.25) is 0 Å². The smallest absolute Gasteiger partial charge is 0.265 e. The van der Waals surface area contributed by atoms with Crippen molar-refractivity contribution in [3.63, 3.8) is 0 Å². The summed E-state index contributed by atoms with van der Waals surface area (Å²) >= 11 is 0. The number of rotatable bonds is 3. The van der Waals surface area contributed by atoms with Crippen molar-refractivity contribution >= 4 is 5.69 Å². The summed E-state index contributed by atoms with van der Waals surface area (Å²) in [5.41, 5.74) is 0.0793. The molecule has 64 valence electrons. The van der Waals surface area contributed by atoms with E-state index < -0.39 is 4.92 Å². The Kier molecular flexibility index (Phi) is 1.56. The van der Waals surface area contributed by atoms with Crippen molar-refractivity contribution in [1.29, 1.82) is 0 Å². The third-order valence-corrected chi connectivity index (χ3v) is 1.97. The Morgan fingerprint density at radius 2 is 2.50 bits per heavy atom. The number of hydrogen-bond acceptors (Lipinski definition) is 3. The van der Waals surface area contributed by atoms with Gasteiger partial charge in [0.2, 0.25) is 0 Å². The van der Waals surface area contributed by atoms with E-state index in [1.807, 2.05) is 0 Å². The van der Waals surface area contributed by atoms with Crippen molar-refractivity contribution < 1.29 is 4.92 Å². The molecule has 0 atom stereocenters. The minimum atomic E-state index is -0.420. The standard InChI is InChI=1S/C7H9N3O2/c11-10(12)7-3-8-9(5-7)4-6-1-2-6/h3,5-6H,1-2,4H2. The molecule has 1 saturated carbocycles. The van der Waals surface area contributed by atoms with Crippen LogP contribution in [0.1, 0.15) is 12.8 Å². The fraction of sp³-hybridized carbons (Fsp3) is 0.571. The first-order chi connectivity index (χ1) is 5.75. The van der Waals surface area contributed by atoms with Gasteiger partial charge >= 0.3 is 5.69 Å². The summed E-state index contributed by atoms with van der Waals surface area (Å²) in [6.45, 7) is 0.827. The molecule has 1 aliphatic carbocycles. The predicted molar refractivity (Wildman–Crippen MR) is 41.6 cm³/mol. The average molecular weight is 167 g/mol. The van der Waals surface area contributed by atoms with Gasteiger partial charge in [0.15, 0.2) is 0 Å². The Labute approximate surface area is 69.1 Å². The molecule has 0 radical (unpaired) electrons. The molecule has 0 amide bonds. The van der Waals surface area contributed by atoms with Crippen LogP contribution in [0.25, 0.3) is 0 Å². The number of nitro groups is 1. The molecule has 0 bridgehead atoms. The summed E-state index contributed by atoms with van der Waals surface area (Å²) in [5, 5.41) is 14.2. The van der Waals surface area contributed by atoms with Crippen LogP contribution in [0.4, 0.5) is 5.69 Å². The minimum Gasteiger partial charge on any atom is -0.265 e. The zero-order valence-electron chi connectivity index (χ0n) is 6.51. The Bertz CT molecular complexity index is 303. The Morgan fingerprint density at radius 1 is 1.75 bits per heavy atom. The number of hydrogen-bond donors (Lipinski definition) is 0. The first kappa shape index (κ1) is 7.27. The van der Waals surface area contributed by atoms with Gasteiger partial charge in [-0.3, -0.25) is 14.8 Å². The van der Waals surface area contributed by atoms with Crippen LogP contribution in [-0.2, 0) is 6.54 Å². The molecule has 1 heterocycles. The van der Waals surface area contributed by atoms with Crippen molar-refractivity contribution in [2.45, 2.75) is 19.4 Å². The van der Waals surface area contributed by atoms with E-state index in [0.29, 0.717) is 5.92 Å². The first-order valence-electron chi connectivity index (χ1n) is 3.92. The lowest BCUT2D eigenvalue weighted by molar-refractivity contribution is -0.385. The maximum absolute atomic E-state index is 10.3. The van der Waals surface area contributed by atoms with Crippen LogP contribution in [-0.4, -0.2) is 14.7 Å². The molecular formula is C7H9N3O2. The van der Waals surface area contributed by atoms with Crippen LogP contribution in [0.15, 0.2) is 12.4 Å². The lowest BCUT2D eigenvalue weighted by Gasteiger charge is -1.94. The molecule has 0 aliphatic heterocycles. The van der Waals surface area contributed by atoms with E-state index in [9.17, 15) is 10.1 Å². The first-order valence-corrected chi connectivity index (χ1v) is 3.92. The van der Waals surface area contributed by atoms with E-state index in [2.05, 4.69) is 5.10 Å². The third kappa shape index (κ3) is 1.44. The van der Waals surface area contributed by atoms with E-state index in [0.717, 1.165) is 6.54 Å². The molecule has 1 aliphatic rings. The maximum atomic E-state index is 10.3. The van der Waals surface area contributed by atoms with Gasteiger partial charge in [-0.05, 0) is 18.8 Å². The molecule has 0 spiro atoms. The molecule has 5 nitrogen and oxygen atoms in total. The predicted octanol–water partition coefficient (Wildman–Crippen LogP) is 1.20. The Morgan fingerprint density at radius 3 is 3.00 bits per heavy atom. The average Bonchev–Trinajstić information content (AvgIpc) is 2.66. The molecule has 1 aromatic heterocycles. The van der Waals surface area contributed by atoms with E-state index in [1.165, 1.54) is 25.2 Å². The second-order valence-electron chi connectivity index (χ2n) is 3.12. The minimum absolute atomic E-state index is 0.0793. The summed E-state index contributed by atoms with van der Waals surface area (Å²) in [4.78, 5) is 9.85. The van der Waals surface area contributed by atoms with Crippen molar-refractivity contribution in [2.24, 2.45) is 5.92 Å².